The minimum Gasteiger partial charge on any atom is -0.399 e. The highest BCUT2D eigenvalue weighted by Gasteiger charge is 2.20. The molecule has 0 amide bonds. The van der Waals surface area contributed by atoms with E-state index in [1.54, 1.807) is 29.8 Å². The van der Waals surface area contributed by atoms with E-state index >= 15 is 0 Å². The lowest BCUT2D eigenvalue weighted by Gasteiger charge is -2.09. The Labute approximate surface area is 119 Å². The van der Waals surface area contributed by atoms with Gasteiger partial charge >= 0.3 is 0 Å². The van der Waals surface area contributed by atoms with Gasteiger partial charge < -0.3 is 5.73 Å². The first kappa shape index (κ1) is 14.6. The van der Waals surface area contributed by atoms with Crippen LogP contribution in [0.5, 0.6) is 0 Å². The van der Waals surface area contributed by atoms with Gasteiger partial charge in [-0.15, -0.1) is 0 Å². The van der Waals surface area contributed by atoms with Crippen LogP contribution in [-0.4, -0.2) is 18.2 Å². The largest absolute Gasteiger partial charge is 0.399 e. The van der Waals surface area contributed by atoms with Gasteiger partial charge in [-0.3, -0.25) is 4.68 Å². The summed E-state index contributed by atoms with van der Waals surface area (Å²) in [6.45, 7) is 6.21. The van der Waals surface area contributed by atoms with Crippen molar-refractivity contribution >= 4 is 15.5 Å². The maximum atomic E-state index is 12.5. The van der Waals surface area contributed by atoms with Crippen LogP contribution in [0.3, 0.4) is 0 Å². The Morgan fingerprint density at radius 3 is 2.55 bits per heavy atom. The van der Waals surface area contributed by atoms with Crippen LogP contribution in [0.1, 0.15) is 23.9 Å². The van der Waals surface area contributed by atoms with Gasteiger partial charge in [0.1, 0.15) is 0 Å². The number of sulfone groups is 1. The van der Waals surface area contributed by atoms with Gasteiger partial charge in [0, 0.05) is 12.2 Å². The first-order valence-corrected chi connectivity index (χ1v) is 8.11. The standard InChI is InChI=1S/C14H19N3O2S/c1-4-17-13(8-11(3)16-17)9-20(18,19)14-6-5-12(15)7-10(14)2/h5-8H,4,9,15H2,1-3H3. The first-order chi connectivity index (χ1) is 9.33. The zero-order valence-electron chi connectivity index (χ0n) is 11.9. The van der Waals surface area contributed by atoms with Crippen molar-refractivity contribution in [1.82, 2.24) is 9.78 Å². The molecule has 0 fully saturated rings. The van der Waals surface area contributed by atoms with Crippen molar-refractivity contribution in [2.24, 2.45) is 0 Å². The molecule has 5 nitrogen and oxygen atoms in total. The number of nitrogens with two attached hydrogens (primary N) is 1. The third-order valence-electron chi connectivity index (χ3n) is 3.16. The first-order valence-electron chi connectivity index (χ1n) is 6.45. The van der Waals surface area contributed by atoms with E-state index in [1.165, 1.54) is 0 Å². The normalized spacial score (nSPS) is 11.8. The number of nitrogens with zero attached hydrogens (tertiary/aromatic N) is 2. The number of nitrogen functional groups attached to an aromatic ring is 1. The molecule has 2 rings (SSSR count). The lowest BCUT2D eigenvalue weighted by atomic mass is 10.2. The molecular formula is C14H19N3O2S. The average Bonchev–Trinajstić information content (AvgIpc) is 2.67. The second-order valence-electron chi connectivity index (χ2n) is 4.88. The van der Waals surface area contributed by atoms with Gasteiger partial charge in [-0.25, -0.2) is 8.42 Å². The molecule has 0 atom stereocenters. The average molecular weight is 293 g/mol. The highest BCUT2D eigenvalue weighted by Crippen LogP contribution is 2.22. The van der Waals surface area contributed by atoms with Crippen LogP contribution in [0.2, 0.25) is 0 Å². The predicted molar refractivity (Wildman–Crippen MR) is 79.1 cm³/mol. The molecule has 108 valence electrons. The molecule has 6 heteroatoms. The number of hydrogen-bond acceptors (Lipinski definition) is 4. The van der Waals surface area contributed by atoms with Crippen molar-refractivity contribution < 1.29 is 8.42 Å². The van der Waals surface area contributed by atoms with Crippen LogP contribution in [-0.2, 0) is 22.1 Å². The molecule has 0 saturated carbocycles. The molecule has 2 aromatic rings. The lowest BCUT2D eigenvalue weighted by molar-refractivity contribution is 0.585. The Hall–Kier alpha value is -1.82. The summed E-state index contributed by atoms with van der Waals surface area (Å²) in [6.07, 6.45) is 0. The number of anilines is 1. The summed E-state index contributed by atoms with van der Waals surface area (Å²) >= 11 is 0. The molecule has 1 aromatic carbocycles. The van der Waals surface area contributed by atoms with Crippen LogP contribution in [0.4, 0.5) is 5.69 Å². The van der Waals surface area contributed by atoms with E-state index in [4.69, 9.17) is 5.73 Å². The topological polar surface area (TPSA) is 78.0 Å². The van der Waals surface area contributed by atoms with E-state index in [1.807, 2.05) is 19.9 Å². The van der Waals surface area contributed by atoms with Crippen molar-refractivity contribution in [2.45, 2.75) is 38.0 Å². The molecule has 1 aromatic heterocycles. The molecule has 0 unspecified atom stereocenters. The second-order valence-corrected chi connectivity index (χ2v) is 6.83. The van der Waals surface area contributed by atoms with Gasteiger partial charge in [-0.1, -0.05) is 0 Å². The molecule has 1 heterocycles. The van der Waals surface area contributed by atoms with Crippen LogP contribution >= 0.6 is 0 Å². The molecule has 0 aliphatic carbocycles. The van der Waals surface area contributed by atoms with Gasteiger partial charge in [-0.2, -0.15) is 5.10 Å². The fraction of sp³-hybridized carbons (Fsp3) is 0.357. The zero-order valence-corrected chi connectivity index (χ0v) is 12.7. The molecule has 2 N–H and O–H groups in total. The fourth-order valence-corrected chi connectivity index (χ4v) is 3.89. The van der Waals surface area contributed by atoms with E-state index in [9.17, 15) is 8.42 Å². The second kappa shape index (κ2) is 5.28. The Bertz CT molecular complexity index is 733. The van der Waals surface area contributed by atoms with Crippen LogP contribution < -0.4 is 5.73 Å². The van der Waals surface area contributed by atoms with Crippen LogP contribution in [0, 0.1) is 13.8 Å². The molecule has 0 aliphatic heterocycles. The third kappa shape index (κ3) is 2.85. The van der Waals surface area contributed by atoms with Crippen LogP contribution in [0.15, 0.2) is 29.2 Å². The lowest BCUT2D eigenvalue weighted by Crippen LogP contribution is -2.11. The summed E-state index contributed by atoms with van der Waals surface area (Å²) in [6, 6.07) is 6.67. The molecule has 0 spiro atoms. The van der Waals surface area contributed by atoms with E-state index < -0.39 is 9.84 Å². The molecule has 0 radical (unpaired) electrons. The van der Waals surface area contributed by atoms with E-state index in [2.05, 4.69) is 5.10 Å². The van der Waals surface area contributed by atoms with Gasteiger partial charge in [-0.05, 0) is 50.6 Å². The highest BCUT2D eigenvalue weighted by molar-refractivity contribution is 7.90. The van der Waals surface area contributed by atoms with Crippen molar-refractivity contribution in [1.29, 1.82) is 0 Å². The van der Waals surface area contributed by atoms with Gasteiger partial charge in [0.25, 0.3) is 0 Å². The van der Waals surface area contributed by atoms with E-state index in [0.717, 1.165) is 5.69 Å². The minimum absolute atomic E-state index is 0.0492. The number of aromatic nitrogens is 2. The Kier molecular flexibility index (Phi) is 3.85. The Morgan fingerprint density at radius 2 is 1.95 bits per heavy atom. The van der Waals surface area contributed by atoms with Crippen molar-refractivity contribution in [3.63, 3.8) is 0 Å². The zero-order chi connectivity index (χ0) is 14.9. The molecule has 0 bridgehead atoms. The summed E-state index contributed by atoms with van der Waals surface area (Å²) < 4.78 is 26.8. The smallest absolute Gasteiger partial charge is 0.184 e. The summed E-state index contributed by atoms with van der Waals surface area (Å²) in [4.78, 5) is 0.327. The Morgan fingerprint density at radius 1 is 1.25 bits per heavy atom. The Balaban J connectivity index is 2.40. The quantitative estimate of drug-likeness (QED) is 0.875. The molecule has 0 saturated heterocycles. The minimum atomic E-state index is -3.40. The van der Waals surface area contributed by atoms with Gasteiger partial charge in [0.2, 0.25) is 0 Å². The van der Waals surface area contributed by atoms with Crippen molar-refractivity contribution in [3.8, 4) is 0 Å². The molecule has 20 heavy (non-hydrogen) atoms. The SMILES string of the molecule is CCn1nc(C)cc1CS(=O)(=O)c1ccc(N)cc1C. The molecular weight excluding hydrogens is 274 g/mol. The maximum absolute atomic E-state index is 12.5. The maximum Gasteiger partial charge on any atom is 0.184 e. The summed E-state index contributed by atoms with van der Waals surface area (Å²) in [5, 5.41) is 4.28. The van der Waals surface area contributed by atoms with Gasteiger partial charge in [0.05, 0.1) is 22.0 Å². The highest BCUT2D eigenvalue weighted by atomic mass is 32.2. The summed E-state index contributed by atoms with van der Waals surface area (Å²) in [5.74, 6) is -0.0492. The number of benzene rings is 1. The predicted octanol–water partition coefficient (Wildman–Crippen LogP) is 2.08. The number of hydrogen-bond donors (Lipinski definition) is 1. The van der Waals surface area contributed by atoms with Crippen LogP contribution in [0.25, 0.3) is 0 Å². The number of aryl methyl sites for hydroxylation is 3. The van der Waals surface area contributed by atoms with Gasteiger partial charge in [0.15, 0.2) is 9.84 Å². The third-order valence-corrected chi connectivity index (χ3v) is 4.96. The monoisotopic (exact) mass is 293 g/mol. The van der Waals surface area contributed by atoms with E-state index in [0.29, 0.717) is 28.4 Å². The van der Waals surface area contributed by atoms with Crippen molar-refractivity contribution in [2.75, 3.05) is 5.73 Å². The van der Waals surface area contributed by atoms with Crippen molar-refractivity contribution in [3.05, 3.63) is 41.2 Å². The summed E-state index contributed by atoms with van der Waals surface area (Å²) in [7, 11) is -3.40. The number of rotatable bonds is 4. The fourth-order valence-electron chi connectivity index (χ4n) is 2.28. The summed E-state index contributed by atoms with van der Waals surface area (Å²) in [5.41, 5.74) is 8.43. The molecule has 0 aliphatic rings. The van der Waals surface area contributed by atoms with E-state index in [-0.39, 0.29) is 5.75 Å².